The lowest BCUT2D eigenvalue weighted by molar-refractivity contribution is -0.985. The number of unbranched alkanes of at least 4 members (excludes halogenated alkanes) is 12. The number of hydrogen-bond donors (Lipinski definition) is 3. The second kappa shape index (κ2) is 17.9. The number of nitrogens with one attached hydrogen (secondary N) is 3. The minimum absolute atomic E-state index is 0.000364. The first-order valence-corrected chi connectivity index (χ1v) is 19.7. The Hall–Kier alpha value is -1.52. The fourth-order valence-electron chi connectivity index (χ4n) is 9.45. The maximum absolute atomic E-state index is 14.0. The first-order valence-electron chi connectivity index (χ1n) is 19.7. The van der Waals surface area contributed by atoms with Crippen molar-refractivity contribution in [1.29, 1.82) is 0 Å². The van der Waals surface area contributed by atoms with Gasteiger partial charge in [0, 0.05) is 25.2 Å². The number of rotatable bonds is 18. The first-order chi connectivity index (χ1) is 22.8. The normalized spacial score (nSPS) is 36.3. The molecule has 9 nitrogen and oxygen atoms in total. The van der Waals surface area contributed by atoms with Gasteiger partial charge in [0.05, 0.1) is 24.9 Å². The Kier molecular flexibility index (Phi) is 14.0. The highest BCUT2D eigenvalue weighted by atomic mass is 16.6. The molecule has 2 unspecified atom stereocenters. The van der Waals surface area contributed by atoms with Crippen molar-refractivity contribution in [1.82, 2.24) is 10.6 Å². The third-order valence-electron chi connectivity index (χ3n) is 11.8. The van der Waals surface area contributed by atoms with Gasteiger partial charge in [-0.1, -0.05) is 89.7 Å². The molecule has 3 N–H and O–H groups in total. The van der Waals surface area contributed by atoms with Crippen LogP contribution < -0.4 is 20.6 Å². The summed E-state index contributed by atoms with van der Waals surface area (Å²) in [5, 5.41) is 18.3. The third kappa shape index (κ3) is 9.80. The van der Waals surface area contributed by atoms with Gasteiger partial charge >= 0.3 is 5.97 Å². The van der Waals surface area contributed by atoms with Gasteiger partial charge in [0.25, 0.3) is 0 Å². The van der Waals surface area contributed by atoms with Gasteiger partial charge in [-0.15, -0.1) is 0 Å². The monoisotopic (exact) mass is 659 g/mol. The molecule has 5 heterocycles. The molecular weight excluding hydrogens is 594 g/mol. The van der Waals surface area contributed by atoms with Gasteiger partial charge in [-0.25, -0.2) is 10.6 Å². The highest BCUT2D eigenvalue weighted by Gasteiger charge is 2.66. The maximum atomic E-state index is 14.0. The van der Waals surface area contributed by atoms with E-state index in [1.165, 1.54) is 56.3 Å². The Bertz CT molecular complexity index is 1030. The zero-order chi connectivity index (χ0) is 33.1. The Labute approximate surface area is 284 Å². The van der Waals surface area contributed by atoms with Gasteiger partial charge in [-0.3, -0.25) is 4.79 Å². The molecule has 0 aromatic heterocycles. The van der Waals surface area contributed by atoms with Gasteiger partial charge in [0.15, 0.2) is 5.92 Å². The van der Waals surface area contributed by atoms with Gasteiger partial charge in [-0.2, -0.15) is 0 Å². The molecule has 0 bridgehead atoms. The first kappa shape index (κ1) is 36.8. The zero-order valence-corrected chi connectivity index (χ0v) is 29.5. The van der Waals surface area contributed by atoms with E-state index in [-0.39, 0.29) is 48.6 Å². The van der Waals surface area contributed by atoms with E-state index in [2.05, 4.69) is 36.6 Å². The molecule has 9 atom stereocenters. The standard InChI is InChI=1S/C38H65N3O6/c1-3-31-21-16-17-25-37(47-31)28-30-23-24-32-34(38(26-19-20-29(2)46-38)40-36(39-37)41(30)32)35(44)45-27-18-14-12-10-8-6-4-5-7-9-11-13-15-22-33(42)43/h16,21,29-32,34,36,39-40H,3-15,17-20,22-28H2,1-2H3,(H,42,43)/t29-,30+,31+,32+,34+,36?,37+,38+/m1/s1. The summed E-state index contributed by atoms with van der Waals surface area (Å²) in [5.74, 6) is -1.29. The van der Waals surface area contributed by atoms with Crippen molar-refractivity contribution in [3.8, 4) is 0 Å². The van der Waals surface area contributed by atoms with E-state index >= 15 is 0 Å². The topological polar surface area (TPSA) is 113 Å². The predicted octanol–water partition coefficient (Wildman–Crippen LogP) is 4.78. The Balaban J connectivity index is 1.04. The number of hydrogen-bond acceptors (Lipinski definition) is 8. The number of carbonyl (C=O) groups excluding carboxylic acids is 2. The lowest BCUT2D eigenvalue weighted by atomic mass is 9.79. The molecule has 5 aliphatic rings. The molecule has 9 heteroatoms. The summed E-state index contributed by atoms with van der Waals surface area (Å²) < 4.78 is 19.7. The van der Waals surface area contributed by atoms with Crippen LogP contribution in [0.5, 0.6) is 0 Å². The molecule has 5 aliphatic heterocycles. The van der Waals surface area contributed by atoms with Crippen LogP contribution in [0.3, 0.4) is 0 Å². The third-order valence-corrected chi connectivity index (χ3v) is 11.8. The van der Waals surface area contributed by atoms with Crippen LogP contribution in [0.15, 0.2) is 12.2 Å². The van der Waals surface area contributed by atoms with Crippen LogP contribution in [0.4, 0.5) is 0 Å². The van der Waals surface area contributed by atoms with Gasteiger partial charge < -0.3 is 29.0 Å². The minimum Gasteiger partial charge on any atom is -0.550 e. The highest BCUT2D eigenvalue weighted by Crippen LogP contribution is 2.42. The van der Waals surface area contributed by atoms with Crippen LogP contribution in [0.25, 0.3) is 0 Å². The zero-order valence-electron chi connectivity index (χ0n) is 29.5. The highest BCUT2D eigenvalue weighted by molar-refractivity contribution is 5.75. The Morgan fingerprint density at radius 3 is 2.23 bits per heavy atom. The Morgan fingerprint density at radius 1 is 0.894 bits per heavy atom. The molecule has 0 amide bonds. The summed E-state index contributed by atoms with van der Waals surface area (Å²) in [6.45, 7) is 4.84. The van der Waals surface area contributed by atoms with Crippen molar-refractivity contribution in [2.75, 3.05) is 6.61 Å². The molecule has 4 fully saturated rings. The molecule has 47 heavy (non-hydrogen) atoms. The van der Waals surface area contributed by atoms with E-state index < -0.39 is 11.7 Å². The van der Waals surface area contributed by atoms with E-state index in [1.807, 2.05) is 0 Å². The van der Waals surface area contributed by atoms with Crippen molar-refractivity contribution >= 4 is 11.9 Å². The number of quaternary nitrogens is 1. The summed E-state index contributed by atoms with van der Waals surface area (Å²) in [7, 11) is 0. The molecule has 0 saturated carbocycles. The predicted molar refractivity (Wildman–Crippen MR) is 180 cm³/mol. The molecule has 0 radical (unpaired) electrons. The summed E-state index contributed by atoms with van der Waals surface area (Å²) in [4.78, 5) is 25.9. The number of allylic oxidation sites excluding steroid dienone is 1. The fraction of sp³-hybridized carbons (Fsp3) is 0.895. The van der Waals surface area contributed by atoms with Crippen LogP contribution in [0.1, 0.15) is 162 Å². The SMILES string of the molecule is CC[C@H]1C=CCC[C@@]2(C[C@@H]3CC[C@H]4[C@@H](C(=O)OCCCCCCCCCCCCCCCC(=O)[O-])[C@@]5(CCC[C@@H](C)O5)NC(N2)[NH+]34)O1. The van der Waals surface area contributed by atoms with Crippen molar-refractivity contribution in [3.63, 3.8) is 0 Å². The van der Waals surface area contributed by atoms with E-state index in [4.69, 9.17) is 14.2 Å². The number of aliphatic carboxylic acids is 1. The minimum atomic E-state index is -0.927. The number of carboxylic acid groups (broad SMARTS) is 1. The van der Waals surface area contributed by atoms with Gasteiger partial charge in [-0.05, 0) is 64.7 Å². The number of carboxylic acids is 1. The summed E-state index contributed by atoms with van der Waals surface area (Å²) in [6.07, 6.45) is 28.9. The quantitative estimate of drug-likeness (QED) is 0.110. The molecule has 0 aromatic carbocycles. The second-order valence-corrected chi connectivity index (χ2v) is 15.4. The van der Waals surface area contributed by atoms with Gasteiger partial charge in [0.2, 0.25) is 6.29 Å². The molecule has 0 aromatic rings. The second-order valence-electron chi connectivity index (χ2n) is 15.4. The van der Waals surface area contributed by atoms with Crippen LogP contribution >= 0.6 is 0 Å². The summed E-state index contributed by atoms with van der Waals surface area (Å²) >= 11 is 0. The molecule has 268 valence electrons. The molecular formula is C38H65N3O6. The van der Waals surface area contributed by atoms with Crippen molar-refractivity contribution in [3.05, 3.63) is 12.2 Å². The molecule has 4 saturated heterocycles. The van der Waals surface area contributed by atoms with Crippen LogP contribution in [-0.2, 0) is 23.8 Å². The van der Waals surface area contributed by atoms with Crippen molar-refractivity contribution in [2.45, 2.75) is 204 Å². The largest absolute Gasteiger partial charge is 0.550 e. The van der Waals surface area contributed by atoms with Crippen LogP contribution in [0, 0.1) is 5.92 Å². The summed E-state index contributed by atoms with van der Waals surface area (Å²) in [6, 6.07) is 0.644. The van der Waals surface area contributed by atoms with Crippen molar-refractivity contribution < 1.29 is 33.8 Å². The average Bonchev–Trinajstić information content (AvgIpc) is 3.34. The lowest BCUT2D eigenvalue weighted by Gasteiger charge is -2.58. The van der Waals surface area contributed by atoms with Crippen LogP contribution in [0.2, 0.25) is 0 Å². The Morgan fingerprint density at radius 2 is 1.57 bits per heavy atom. The number of esters is 1. The van der Waals surface area contributed by atoms with E-state index in [1.54, 1.807) is 0 Å². The van der Waals surface area contributed by atoms with E-state index in [0.717, 1.165) is 89.9 Å². The molecule has 0 aliphatic carbocycles. The smallest absolute Gasteiger partial charge is 0.319 e. The summed E-state index contributed by atoms with van der Waals surface area (Å²) in [5.41, 5.74) is -1.04. The van der Waals surface area contributed by atoms with E-state index in [0.29, 0.717) is 12.6 Å². The number of ether oxygens (including phenoxy) is 3. The van der Waals surface area contributed by atoms with Crippen LogP contribution in [-0.4, -0.2) is 60.6 Å². The van der Waals surface area contributed by atoms with Gasteiger partial charge in [0.1, 0.15) is 17.5 Å². The van der Waals surface area contributed by atoms with Crippen molar-refractivity contribution in [2.24, 2.45) is 5.92 Å². The lowest BCUT2D eigenvalue weighted by Crippen LogP contribution is -3.29. The molecule has 5 rings (SSSR count). The fourth-order valence-corrected chi connectivity index (χ4v) is 9.45. The van der Waals surface area contributed by atoms with E-state index in [9.17, 15) is 14.7 Å². The number of carbonyl (C=O) groups is 2. The maximum Gasteiger partial charge on any atom is 0.319 e. The molecule has 2 spiro atoms. The average molecular weight is 660 g/mol.